The molecule has 0 fully saturated rings. The van der Waals surface area contributed by atoms with E-state index in [1.807, 2.05) is 0 Å². The number of anilines is 1. The van der Waals surface area contributed by atoms with Gasteiger partial charge in [-0.05, 0) is 18.2 Å². The number of carbonyl (C=O) groups is 1. The normalized spacial score (nSPS) is 11.1. The van der Waals surface area contributed by atoms with E-state index >= 15 is 0 Å². The third-order valence-electron chi connectivity index (χ3n) is 1.67. The summed E-state index contributed by atoms with van der Waals surface area (Å²) in [6.07, 6.45) is 0. The Balaban J connectivity index is 3.42. The second kappa shape index (κ2) is 3.85. The van der Waals surface area contributed by atoms with E-state index in [4.69, 9.17) is 15.5 Å². The van der Waals surface area contributed by atoms with E-state index in [1.54, 1.807) is 5.48 Å². The summed E-state index contributed by atoms with van der Waals surface area (Å²) < 4.78 is 21.8. The molecule has 82 valence electrons. The first-order chi connectivity index (χ1) is 6.86. The van der Waals surface area contributed by atoms with Crippen LogP contribution in [0.15, 0.2) is 23.1 Å². The van der Waals surface area contributed by atoms with Gasteiger partial charge in [-0.25, -0.2) is 18.4 Å². The zero-order chi connectivity index (χ0) is 11.6. The summed E-state index contributed by atoms with van der Waals surface area (Å²) in [7, 11) is -3.96. The van der Waals surface area contributed by atoms with Crippen LogP contribution in [0.3, 0.4) is 0 Å². The van der Waals surface area contributed by atoms with Gasteiger partial charge in [-0.1, -0.05) is 0 Å². The van der Waals surface area contributed by atoms with Gasteiger partial charge in [0.2, 0.25) is 10.0 Å². The number of hydrogen-bond acceptors (Lipinski definition) is 5. The van der Waals surface area contributed by atoms with Crippen molar-refractivity contribution in [1.82, 2.24) is 0 Å². The van der Waals surface area contributed by atoms with Crippen LogP contribution in [0.5, 0.6) is 0 Å². The Morgan fingerprint density at radius 2 is 2.00 bits per heavy atom. The lowest BCUT2D eigenvalue weighted by molar-refractivity contribution is 0.0697. The first kappa shape index (κ1) is 11.4. The SMILES string of the molecule is NS(=O)(=O)c1ccc(NO)c(C(=O)O)c1. The van der Waals surface area contributed by atoms with E-state index in [2.05, 4.69) is 0 Å². The number of aromatic carboxylic acids is 1. The van der Waals surface area contributed by atoms with E-state index < -0.39 is 16.0 Å². The maximum absolute atomic E-state index is 10.9. The molecule has 0 aliphatic carbocycles. The lowest BCUT2D eigenvalue weighted by Crippen LogP contribution is -2.14. The quantitative estimate of drug-likeness (QED) is 0.535. The molecule has 0 atom stereocenters. The smallest absolute Gasteiger partial charge is 0.337 e. The van der Waals surface area contributed by atoms with Crippen LogP contribution < -0.4 is 10.6 Å². The summed E-state index contributed by atoms with van der Waals surface area (Å²) >= 11 is 0. The summed E-state index contributed by atoms with van der Waals surface area (Å²) in [4.78, 5) is 10.3. The number of primary sulfonamides is 1. The molecule has 0 spiro atoms. The summed E-state index contributed by atoms with van der Waals surface area (Å²) in [5.41, 5.74) is 1.14. The molecule has 15 heavy (non-hydrogen) atoms. The molecular formula is C7H8N2O5S. The highest BCUT2D eigenvalue weighted by molar-refractivity contribution is 7.89. The van der Waals surface area contributed by atoms with Gasteiger partial charge in [0.1, 0.15) is 0 Å². The van der Waals surface area contributed by atoms with Gasteiger partial charge >= 0.3 is 5.97 Å². The maximum Gasteiger partial charge on any atom is 0.337 e. The standard InChI is InChI=1S/C7H8N2O5S/c8-15(13,14)4-1-2-6(9-12)5(3-4)7(10)11/h1-3,9,12H,(H,10,11)(H2,8,13,14). The zero-order valence-electron chi connectivity index (χ0n) is 7.34. The van der Waals surface area contributed by atoms with Gasteiger partial charge in [0.05, 0.1) is 16.1 Å². The first-order valence-electron chi connectivity index (χ1n) is 3.66. The first-order valence-corrected chi connectivity index (χ1v) is 5.21. The fraction of sp³-hybridized carbons (Fsp3) is 0. The van der Waals surface area contributed by atoms with Crippen molar-refractivity contribution < 1.29 is 23.5 Å². The Morgan fingerprint density at radius 3 is 2.40 bits per heavy atom. The molecule has 0 bridgehead atoms. The number of rotatable bonds is 3. The van der Waals surface area contributed by atoms with Crippen molar-refractivity contribution >= 4 is 21.7 Å². The molecule has 7 nitrogen and oxygen atoms in total. The van der Waals surface area contributed by atoms with Crippen molar-refractivity contribution in [2.45, 2.75) is 4.90 Å². The average Bonchev–Trinajstić information content (AvgIpc) is 2.15. The predicted molar refractivity (Wildman–Crippen MR) is 50.2 cm³/mol. The van der Waals surface area contributed by atoms with Crippen LogP contribution in [0.4, 0.5) is 5.69 Å². The molecule has 1 rings (SSSR count). The summed E-state index contributed by atoms with van der Waals surface area (Å²) in [6.45, 7) is 0. The molecule has 5 N–H and O–H groups in total. The Kier molecular flexibility index (Phi) is 2.93. The third kappa shape index (κ3) is 2.43. The van der Waals surface area contributed by atoms with Crippen molar-refractivity contribution in [3.63, 3.8) is 0 Å². The lowest BCUT2D eigenvalue weighted by atomic mass is 10.2. The minimum atomic E-state index is -3.96. The molecule has 0 amide bonds. The highest BCUT2D eigenvalue weighted by atomic mass is 32.2. The molecule has 1 aromatic carbocycles. The third-order valence-corrected chi connectivity index (χ3v) is 2.58. The average molecular weight is 232 g/mol. The molecule has 0 aliphatic rings. The number of nitrogens with one attached hydrogen (secondary N) is 1. The highest BCUT2D eigenvalue weighted by Gasteiger charge is 2.15. The summed E-state index contributed by atoms with van der Waals surface area (Å²) in [6, 6.07) is 3.04. The molecule has 0 saturated carbocycles. The van der Waals surface area contributed by atoms with Gasteiger partial charge < -0.3 is 5.11 Å². The number of sulfonamides is 1. The molecule has 1 aromatic rings. The predicted octanol–water partition coefficient (Wildman–Crippen LogP) is -0.167. The monoisotopic (exact) mass is 232 g/mol. The van der Waals surface area contributed by atoms with Crippen molar-refractivity contribution in [1.29, 1.82) is 0 Å². The number of nitrogens with two attached hydrogens (primary N) is 1. The largest absolute Gasteiger partial charge is 0.478 e. The van der Waals surface area contributed by atoms with Gasteiger partial charge in [0.15, 0.2) is 0 Å². The van der Waals surface area contributed by atoms with Crippen LogP contribution in [-0.4, -0.2) is 24.7 Å². The Bertz CT molecular complexity index is 496. The van der Waals surface area contributed by atoms with Crippen LogP contribution >= 0.6 is 0 Å². The second-order valence-electron chi connectivity index (χ2n) is 2.67. The van der Waals surface area contributed by atoms with Crippen LogP contribution in [0.1, 0.15) is 10.4 Å². The number of hydrogen-bond donors (Lipinski definition) is 4. The molecule has 0 aliphatic heterocycles. The minimum absolute atomic E-state index is 0.116. The fourth-order valence-corrected chi connectivity index (χ4v) is 1.51. The van der Waals surface area contributed by atoms with E-state index in [0.717, 1.165) is 18.2 Å². The summed E-state index contributed by atoms with van der Waals surface area (Å²) in [5.74, 6) is -1.38. The maximum atomic E-state index is 10.9. The zero-order valence-corrected chi connectivity index (χ0v) is 8.15. The lowest BCUT2D eigenvalue weighted by Gasteiger charge is -2.05. The molecule has 0 aromatic heterocycles. The van der Waals surface area contributed by atoms with Gasteiger partial charge in [0.25, 0.3) is 0 Å². The fourth-order valence-electron chi connectivity index (χ4n) is 0.975. The molecule has 0 unspecified atom stereocenters. The molecule has 0 heterocycles. The topological polar surface area (TPSA) is 130 Å². The van der Waals surface area contributed by atoms with Crippen molar-refractivity contribution in [2.24, 2.45) is 5.14 Å². The number of carboxylic acid groups (broad SMARTS) is 1. The molecular weight excluding hydrogens is 224 g/mol. The Hall–Kier alpha value is -1.64. The van der Waals surface area contributed by atoms with Gasteiger partial charge in [-0.3, -0.25) is 10.7 Å². The Labute approximate surface area is 85.2 Å². The molecule has 0 radical (unpaired) electrons. The van der Waals surface area contributed by atoms with Gasteiger partial charge in [-0.2, -0.15) is 0 Å². The van der Waals surface area contributed by atoms with Crippen molar-refractivity contribution in [3.05, 3.63) is 23.8 Å². The van der Waals surface area contributed by atoms with E-state index in [0.29, 0.717) is 0 Å². The van der Waals surface area contributed by atoms with Crippen LogP contribution in [0, 0.1) is 0 Å². The van der Waals surface area contributed by atoms with Crippen LogP contribution in [-0.2, 0) is 10.0 Å². The van der Waals surface area contributed by atoms with Crippen LogP contribution in [0.2, 0.25) is 0 Å². The Morgan fingerprint density at radius 1 is 1.40 bits per heavy atom. The van der Waals surface area contributed by atoms with Gasteiger partial charge in [0, 0.05) is 0 Å². The molecule has 0 saturated heterocycles. The molecule has 8 heteroatoms. The second-order valence-corrected chi connectivity index (χ2v) is 4.23. The van der Waals surface area contributed by atoms with E-state index in [-0.39, 0.29) is 16.1 Å². The highest BCUT2D eigenvalue weighted by Crippen LogP contribution is 2.19. The van der Waals surface area contributed by atoms with Crippen molar-refractivity contribution in [2.75, 3.05) is 5.48 Å². The van der Waals surface area contributed by atoms with Crippen molar-refractivity contribution in [3.8, 4) is 0 Å². The van der Waals surface area contributed by atoms with E-state index in [1.165, 1.54) is 0 Å². The minimum Gasteiger partial charge on any atom is -0.478 e. The number of carboxylic acids is 1. The van der Waals surface area contributed by atoms with Gasteiger partial charge in [-0.15, -0.1) is 0 Å². The van der Waals surface area contributed by atoms with E-state index in [9.17, 15) is 13.2 Å². The van der Waals surface area contributed by atoms with Crippen LogP contribution in [0.25, 0.3) is 0 Å². The number of benzene rings is 1. The summed E-state index contributed by atoms with van der Waals surface area (Å²) in [5, 5.41) is 22.1.